The summed E-state index contributed by atoms with van der Waals surface area (Å²) in [6, 6.07) is 1.66. The highest BCUT2D eigenvalue weighted by Gasteiger charge is 2.21. The molecule has 2 rings (SSSR count). The smallest absolute Gasteiger partial charge is 0.215 e. The van der Waals surface area contributed by atoms with Gasteiger partial charge >= 0.3 is 0 Å². The maximum atomic E-state index is 12.4. The highest BCUT2D eigenvalue weighted by atomic mass is 79.9. The second-order valence-corrected chi connectivity index (χ2v) is 4.63. The number of ether oxygens (including phenoxy) is 1. The third-order valence-electron chi connectivity index (χ3n) is 2.62. The quantitative estimate of drug-likeness (QED) is 0.796. The number of halogens is 1. The van der Waals surface area contributed by atoms with Crippen LogP contribution in [0.25, 0.3) is 0 Å². The van der Waals surface area contributed by atoms with Gasteiger partial charge in [0.25, 0.3) is 0 Å². The maximum Gasteiger partial charge on any atom is 0.215 e. The molecule has 0 aliphatic rings. The molecule has 0 aliphatic heterocycles. The van der Waals surface area contributed by atoms with Crippen LogP contribution < -0.4 is 0 Å². The minimum atomic E-state index is -0.110. The molecule has 0 aromatic carbocycles. The van der Waals surface area contributed by atoms with Gasteiger partial charge in [-0.2, -0.15) is 5.10 Å². The van der Waals surface area contributed by atoms with Crippen LogP contribution in [0.1, 0.15) is 21.8 Å². The zero-order chi connectivity index (χ0) is 13.1. The molecule has 0 fully saturated rings. The van der Waals surface area contributed by atoms with Crippen LogP contribution in [0, 0.1) is 6.92 Å². The summed E-state index contributed by atoms with van der Waals surface area (Å²) >= 11 is 3.34. The second-order valence-electron chi connectivity index (χ2n) is 3.78. The van der Waals surface area contributed by atoms with Gasteiger partial charge in [-0.05, 0) is 28.9 Å². The summed E-state index contributed by atoms with van der Waals surface area (Å²) in [4.78, 5) is 12.4. The topological polar surface area (TPSA) is 57.3 Å². The summed E-state index contributed by atoms with van der Waals surface area (Å²) in [7, 11) is 1.61. The Hall–Kier alpha value is -1.40. The number of carbonyl (C=O) groups excluding carboxylic acids is 1. The van der Waals surface area contributed by atoms with Crippen molar-refractivity contribution in [3.63, 3.8) is 0 Å². The molecule has 0 spiro atoms. The third-order valence-corrected chi connectivity index (χ3v) is 3.20. The first kappa shape index (κ1) is 13.0. The Bertz CT molecular complexity index is 559. The van der Waals surface area contributed by atoms with E-state index in [-0.39, 0.29) is 5.78 Å². The molecule has 2 aromatic heterocycles. The Morgan fingerprint density at radius 1 is 1.61 bits per heavy atom. The average Bonchev–Trinajstić information content (AvgIpc) is 2.92. The third kappa shape index (κ3) is 2.39. The summed E-state index contributed by atoms with van der Waals surface area (Å²) in [5.74, 6) is 0.494. The summed E-state index contributed by atoms with van der Waals surface area (Å²) in [6.07, 6.45) is 3.12. The van der Waals surface area contributed by atoms with Gasteiger partial charge in [0.05, 0.1) is 35.6 Å². The number of aromatic nitrogens is 2. The van der Waals surface area contributed by atoms with Gasteiger partial charge < -0.3 is 9.15 Å². The molecule has 6 heteroatoms. The summed E-state index contributed by atoms with van der Waals surface area (Å²) in [5.41, 5.74) is 1.06. The van der Waals surface area contributed by atoms with E-state index < -0.39 is 0 Å². The Labute approximate surface area is 113 Å². The molecule has 0 N–H and O–H groups in total. The largest absolute Gasteiger partial charge is 0.469 e. The monoisotopic (exact) mass is 312 g/mol. The van der Waals surface area contributed by atoms with Crippen molar-refractivity contribution in [2.45, 2.75) is 13.5 Å². The molecule has 2 heterocycles. The van der Waals surface area contributed by atoms with Gasteiger partial charge in [-0.25, -0.2) is 0 Å². The number of methoxy groups -OCH3 is 1. The lowest BCUT2D eigenvalue weighted by Gasteiger charge is -2.06. The summed E-state index contributed by atoms with van der Waals surface area (Å²) < 4.78 is 12.5. The number of ketones is 1. The molecule has 0 bridgehead atoms. The van der Waals surface area contributed by atoms with Crippen LogP contribution in [0.4, 0.5) is 0 Å². The fraction of sp³-hybridized carbons (Fsp3) is 0.333. The Balaban J connectivity index is 2.35. The van der Waals surface area contributed by atoms with Crippen molar-refractivity contribution in [1.82, 2.24) is 9.78 Å². The number of nitrogens with zero attached hydrogens (tertiary/aromatic N) is 2. The molecular formula is C12H13BrN2O3. The Morgan fingerprint density at radius 2 is 2.39 bits per heavy atom. The predicted molar refractivity (Wildman–Crippen MR) is 68.7 cm³/mol. The van der Waals surface area contributed by atoms with Crippen molar-refractivity contribution in [3.05, 3.63) is 40.0 Å². The predicted octanol–water partition coefficient (Wildman–Crippen LogP) is 2.42. The van der Waals surface area contributed by atoms with Gasteiger partial charge in [0.2, 0.25) is 5.78 Å². The lowest BCUT2D eigenvalue weighted by molar-refractivity contribution is 0.102. The highest BCUT2D eigenvalue weighted by molar-refractivity contribution is 9.10. The first-order valence-electron chi connectivity index (χ1n) is 5.44. The zero-order valence-corrected chi connectivity index (χ0v) is 11.7. The first-order valence-corrected chi connectivity index (χ1v) is 6.23. The van der Waals surface area contributed by atoms with E-state index in [1.54, 1.807) is 31.0 Å². The van der Waals surface area contributed by atoms with Crippen LogP contribution in [-0.2, 0) is 11.3 Å². The number of furan rings is 1. The Kier molecular flexibility index (Phi) is 3.98. The lowest BCUT2D eigenvalue weighted by atomic mass is 10.1. The normalized spacial score (nSPS) is 10.8. The molecule has 18 heavy (non-hydrogen) atoms. The highest BCUT2D eigenvalue weighted by Crippen LogP contribution is 2.22. The standard InChI is InChI=1S/C12H13BrN2O3/c1-8-9(3-5-18-8)12(16)11-10(13)7-14-15(11)4-6-17-2/h3,5,7H,4,6H2,1-2H3. The van der Waals surface area contributed by atoms with Crippen LogP contribution in [0.5, 0.6) is 0 Å². The number of aryl methyl sites for hydroxylation is 1. The van der Waals surface area contributed by atoms with Crippen molar-refractivity contribution < 1.29 is 13.9 Å². The molecule has 0 saturated heterocycles. The molecule has 0 aliphatic carbocycles. The van der Waals surface area contributed by atoms with Gasteiger partial charge in [-0.1, -0.05) is 0 Å². The molecule has 0 unspecified atom stereocenters. The van der Waals surface area contributed by atoms with E-state index in [1.807, 2.05) is 0 Å². The van der Waals surface area contributed by atoms with Crippen LogP contribution >= 0.6 is 15.9 Å². The summed E-state index contributed by atoms with van der Waals surface area (Å²) in [6.45, 7) is 2.79. The Morgan fingerprint density at radius 3 is 3.00 bits per heavy atom. The molecule has 96 valence electrons. The van der Waals surface area contributed by atoms with Gasteiger partial charge in [0, 0.05) is 7.11 Å². The molecule has 0 radical (unpaired) electrons. The molecular weight excluding hydrogens is 300 g/mol. The van der Waals surface area contributed by atoms with E-state index in [9.17, 15) is 4.79 Å². The second kappa shape index (κ2) is 5.49. The average molecular weight is 313 g/mol. The summed E-state index contributed by atoms with van der Waals surface area (Å²) in [5, 5.41) is 4.15. The van der Waals surface area contributed by atoms with Crippen LogP contribution in [0.2, 0.25) is 0 Å². The van der Waals surface area contributed by atoms with Gasteiger partial charge in [-0.3, -0.25) is 9.48 Å². The van der Waals surface area contributed by atoms with Crippen LogP contribution in [-0.4, -0.2) is 29.3 Å². The van der Waals surface area contributed by atoms with E-state index in [0.29, 0.717) is 34.6 Å². The van der Waals surface area contributed by atoms with Crippen molar-refractivity contribution >= 4 is 21.7 Å². The van der Waals surface area contributed by atoms with Gasteiger partial charge in [0.15, 0.2) is 0 Å². The van der Waals surface area contributed by atoms with Gasteiger partial charge in [0.1, 0.15) is 11.5 Å². The number of hydrogen-bond acceptors (Lipinski definition) is 4. The number of hydrogen-bond donors (Lipinski definition) is 0. The van der Waals surface area contributed by atoms with E-state index in [1.165, 1.54) is 6.26 Å². The van der Waals surface area contributed by atoms with Crippen molar-refractivity contribution in [2.24, 2.45) is 0 Å². The van der Waals surface area contributed by atoms with E-state index in [2.05, 4.69) is 21.0 Å². The molecule has 0 amide bonds. The van der Waals surface area contributed by atoms with Crippen LogP contribution in [0.15, 0.2) is 27.4 Å². The fourth-order valence-corrected chi connectivity index (χ4v) is 2.16. The molecule has 2 aromatic rings. The van der Waals surface area contributed by atoms with Gasteiger partial charge in [-0.15, -0.1) is 0 Å². The van der Waals surface area contributed by atoms with Crippen molar-refractivity contribution in [1.29, 1.82) is 0 Å². The minimum absolute atomic E-state index is 0.110. The number of rotatable bonds is 5. The molecule has 0 atom stereocenters. The maximum absolute atomic E-state index is 12.4. The first-order chi connectivity index (χ1) is 8.65. The van der Waals surface area contributed by atoms with Crippen LogP contribution in [0.3, 0.4) is 0 Å². The molecule has 5 nitrogen and oxygen atoms in total. The van der Waals surface area contributed by atoms with E-state index in [4.69, 9.17) is 9.15 Å². The minimum Gasteiger partial charge on any atom is -0.469 e. The lowest BCUT2D eigenvalue weighted by Crippen LogP contribution is -2.15. The molecule has 0 saturated carbocycles. The van der Waals surface area contributed by atoms with Crippen molar-refractivity contribution in [2.75, 3.05) is 13.7 Å². The SMILES string of the molecule is COCCn1ncc(Br)c1C(=O)c1ccoc1C. The zero-order valence-electron chi connectivity index (χ0n) is 10.1. The fourth-order valence-electron chi connectivity index (χ4n) is 1.68. The van der Waals surface area contributed by atoms with E-state index >= 15 is 0 Å². The van der Waals surface area contributed by atoms with Crippen molar-refractivity contribution in [3.8, 4) is 0 Å². The number of carbonyl (C=O) groups is 1. The van der Waals surface area contributed by atoms with E-state index in [0.717, 1.165) is 0 Å².